The van der Waals surface area contributed by atoms with Crippen LogP contribution < -0.4 is 22.9 Å². The maximum atomic E-state index is 10.1. The fourth-order valence-electron chi connectivity index (χ4n) is 0.878. The van der Waals surface area contributed by atoms with Crippen LogP contribution in [0.25, 0.3) is 0 Å². The van der Waals surface area contributed by atoms with Crippen LogP contribution >= 0.6 is 0 Å². The van der Waals surface area contributed by atoms with E-state index in [0.29, 0.717) is 13.0 Å². The van der Waals surface area contributed by atoms with E-state index in [1.807, 2.05) is 0 Å². The lowest BCUT2D eigenvalue weighted by molar-refractivity contribution is -0.138. The molecule has 0 spiro atoms. The minimum absolute atomic E-state index is 0.0509. The predicted octanol–water partition coefficient (Wildman–Crippen LogP) is -1.74. The summed E-state index contributed by atoms with van der Waals surface area (Å²) in [5.74, 6) is -1.93. The van der Waals surface area contributed by atoms with Gasteiger partial charge in [-0.1, -0.05) is 6.42 Å². The van der Waals surface area contributed by atoms with Gasteiger partial charge in [-0.25, -0.2) is 0 Å². The number of unbranched alkanes of at least 4 members (excludes halogenated alkanes) is 1. The summed E-state index contributed by atoms with van der Waals surface area (Å²) in [5.41, 5.74) is 19.8. The largest absolute Gasteiger partial charge is 0.480 e. The molecule has 0 saturated heterocycles. The molecule has 2 amide bonds. The van der Waals surface area contributed by atoms with Gasteiger partial charge < -0.3 is 28.0 Å². The van der Waals surface area contributed by atoms with E-state index in [4.69, 9.17) is 28.0 Å². The molecule has 106 valence electrons. The first-order valence-electron chi connectivity index (χ1n) is 5.56. The molecule has 8 heteroatoms. The summed E-state index contributed by atoms with van der Waals surface area (Å²) < 4.78 is 0. The van der Waals surface area contributed by atoms with E-state index in [2.05, 4.69) is 0 Å². The molecule has 0 radical (unpaired) electrons. The third-order valence-electron chi connectivity index (χ3n) is 1.90. The topological polar surface area (TPSA) is 176 Å². The van der Waals surface area contributed by atoms with E-state index < -0.39 is 23.8 Å². The second-order valence-electron chi connectivity index (χ2n) is 3.66. The lowest BCUT2D eigenvalue weighted by atomic mass is 10.1. The van der Waals surface area contributed by atoms with Crippen LogP contribution in [-0.4, -0.2) is 35.5 Å². The van der Waals surface area contributed by atoms with Crippen molar-refractivity contribution in [1.29, 1.82) is 0 Å². The number of nitrogens with two attached hydrogens (primary N) is 4. The summed E-state index contributed by atoms with van der Waals surface area (Å²) in [6, 6.07) is -0.716. The fraction of sp³-hybridized carbons (Fsp3) is 0.700. The Morgan fingerprint density at radius 1 is 1.00 bits per heavy atom. The highest BCUT2D eigenvalue weighted by Gasteiger charge is 2.09. The van der Waals surface area contributed by atoms with Gasteiger partial charge in [0.15, 0.2) is 0 Å². The van der Waals surface area contributed by atoms with Crippen LogP contribution in [0.15, 0.2) is 0 Å². The van der Waals surface area contributed by atoms with Crippen molar-refractivity contribution in [2.45, 2.75) is 38.1 Å². The highest BCUT2D eigenvalue weighted by molar-refractivity contribution is 5.81. The molecule has 0 bridgehead atoms. The zero-order chi connectivity index (χ0) is 14.6. The zero-order valence-electron chi connectivity index (χ0n) is 10.3. The van der Waals surface area contributed by atoms with Crippen LogP contribution in [0.3, 0.4) is 0 Å². The van der Waals surface area contributed by atoms with Crippen molar-refractivity contribution in [3.05, 3.63) is 0 Å². The van der Waals surface area contributed by atoms with Crippen molar-refractivity contribution in [2.24, 2.45) is 22.9 Å². The quantitative estimate of drug-likeness (QED) is 0.324. The Balaban J connectivity index is 0. The van der Waals surface area contributed by atoms with E-state index >= 15 is 0 Å². The summed E-state index contributed by atoms with van der Waals surface area (Å²) >= 11 is 0. The Bertz CT molecular complexity index is 257. The van der Waals surface area contributed by atoms with Crippen molar-refractivity contribution in [3.8, 4) is 0 Å². The van der Waals surface area contributed by atoms with Gasteiger partial charge in [-0.2, -0.15) is 0 Å². The normalized spacial score (nSPS) is 11.0. The van der Waals surface area contributed by atoms with Gasteiger partial charge in [-0.05, 0) is 19.4 Å². The minimum Gasteiger partial charge on any atom is -0.480 e. The molecule has 0 fully saturated rings. The van der Waals surface area contributed by atoms with Crippen LogP contribution in [0.5, 0.6) is 0 Å². The first-order valence-corrected chi connectivity index (χ1v) is 5.56. The summed E-state index contributed by atoms with van der Waals surface area (Å²) in [6.45, 7) is 0.604. The van der Waals surface area contributed by atoms with Crippen molar-refractivity contribution < 1.29 is 19.5 Å². The third-order valence-corrected chi connectivity index (χ3v) is 1.90. The van der Waals surface area contributed by atoms with Crippen LogP contribution in [0, 0.1) is 0 Å². The molecule has 0 aromatic heterocycles. The first kappa shape index (κ1) is 18.7. The monoisotopic (exact) mass is 262 g/mol. The highest BCUT2D eigenvalue weighted by Crippen LogP contribution is 1.96. The smallest absolute Gasteiger partial charge is 0.320 e. The van der Waals surface area contributed by atoms with Crippen LogP contribution in [0.4, 0.5) is 0 Å². The fourth-order valence-corrected chi connectivity index (χ4v) is 0.878. The van der Waals surface area contributed by atoms with E-state index in [-0.39, 0.29) is 12.8 Å². The van der Waals surface area contributed by atoms with Gasteiger partial charge in [0.2, 0.25) is 11.8 Å². The lowest BCUT2D eigenvalue weighted by Crippen LogP contribution is -2.29. The molecule has 0 aromatic carbocycles. The van der Waals surface area contributed by atoms with Gasteiger partial charge in [0, 0.05) is 12.8 Å². The lowest BCUT2D eigenvalue weighted by Gasteiger charge is -2.03. The van der Waals surface area contributed by atoms with Crippen molar-refractivity contribution in [3.63, 3.8) is 0 Å². The number of amides is 2. The number of carbonyl (C=O) groups is 3. The molecule has 0 aliphatic carbocycles. The van der Waals surface area contributed by atoms with Crippen molar-refractivity contribution >= 4 is 17.8 Å². The maximum absolute atomic E-state index is 10.1. The molecule has 0 aliphatic heterocycles. The van der Waals surface area contributed by atoms with Gasteiger partial charge in [0.1, 0.15) is 6.04 Å². The molecule has 0 aliphatic rings. The van der Waals surface area contributed by atoms with E-state index in [0.717, 1.165) is 12.8 Å². The van der Waals surface area contributed by atoms with E-state index in [9.17, 15) is 14.4 Å². The Labute approximate surface area is 106 Å². The molecule has 18 heavy (non-hydrogen) atoms. The second-order valence-corrected chi connectivity index (χ2v) is 3.66. The minimum atomic E-state index is -0.933. The van der Waals surface area contributed by atoms with Crippen molar-refractivity contribution in [2.75, 3.05) is 6.54 Å². The Morgan fingerprint density at radius 3 is 1.72 bits per heavy atom. The standard InChI is InChI=1S/C6H14N2O2.C4H8N2O2/c7-4-2-1-3-5(8)6(9)10;5-3(7)1-2-4(6)8/h5H,1-4,7-8H2,(H,9,10);1-2H2,(H2,5,7)(H2,6,8)/t5-;/m0./s1. The number of primary amides is 2. The van der Waals surface area contributed by atoms with E-state index in [1.165, 1.54) is 0 Å². The van der Waals surface area contributed by atoms with Crippen LogP contribution in [0.1, 0.15) is 32.1 Å². The molecule has 0 heterocycles. The molecule has 9 N–H and O–H groups in total. The number of carboxylic acid groups (broad SMARTS) is 1. The number of carboxylic acids is 1. The van der Waals surface area contributed by atoms with Crippen LogP contribution in [-0.2, 0) is 14.4 Å². The van der Waals surface area contributed by atoms with Gasteiger partial charge in [0.05, 0.1) is 0 Å². The second kappa shape index (κ2) is 11.8. The molecule has 1 atom stereocenters. The summed E-state index contributed by atoms with van der Waals surface area (Å²) in [6.07, 6.45) is 2.27. The molecule has 0 saturated carbocycles. The van der Waals surface area contributed by atoms with Gasteiger partial charge in [-0.3, -0.25) is 14.4 Å². The number of aliphatic carboxylic acids is 1. The highest BCUT2D eigenvalue weighted by atomic mass is 16.4. The predicted molar refractivity (Wildman–Crippen MR) is 66.1 cm³/mol. The van der Waals surface area contributed by atoms with Gasteiger partial charge in [0.25, 0.3) is 0 Å². The number of hydrogen-bond donors (Lipinski definition) is 5. The average molecular weight is 262 g/mol. The summed E-state index contributed by atoms with van der Waals surface area (Å²) in [4.78, 5) is 30.0. The molecule has 0 aromatic rings. The zero-order valence-corrected chi connectivity index (χ0v) is 10.3. The average Bonchev–Trinajstić information content (AvgIpc) is 2.27. The number of hydrogen-bond acceptors (Lipinski definition) is 5. The Kier molecular flexibility index (Phi) is 12.3. The van der Waals surface area contributed by atoms with Gasteiger partial charge in [-0.15, -0.1) is 0 Å². The summed E-state index contributed by atoms with van der Waals surface area (Å²) in [7, 11) is 0. The molecule has 0 unspecified atom stereocenters. The van der Waals surface area contributed by atoms with Crippen LogP contribution in [0.2, 0.25) is 0 Å². The third kappa shape index (κ3) is 16.7. The summed E-state index contributed by atoms with van der Waals surface area (Å²) in [5, 5.41) is 8.33. The SMILES string of the molecule is NC(=O)CCC(N)=O.NCCCC[C@H](N)C(=O)O. The Hall–Kier alpha value is -1.67. The molecule has 8 nitrogen and oxygen atoms in total. The molecular weight excluding hydrogens is 240 g/mol. The van der Waals surface area contributed by atoms with Crippen molar-refractivity contribution in [1.82, 2.24) is 0 Å². The molecular formula is C10H22N4O4. The maximum Gasteiger partial charge on any atom is 0.320 e. The molecule has 0 rings (SSSR count). The Morgan fingerprint density at radius 2 is 1.44 bits per heavy atom. The van der Waals surface area contributed by atoms with Gasteiger partial charge >= 0.3 is 5.97 Å². The number of rotatable bonds is 8. The van der Waals surface area contributed by atoms with E-state index in [1.54, 1.807) is 0 Å². The first-order chi connectivity index (χ1) is 8.31. The number of carbonyl (C=O) groups excluding carboxylic acids is 2.